The number of imidazole rings is 1. The zero-order valence-electron chi connectivity index (χ0n) is 21.3. The molecule has 7 heteroatoms. The number of hydrogen-bond donors (Lipinski definition) is 3. The summed E-state index contributed by atoms with van der Waals surface area (Å²) < 4.78 is 16.1. The molecule has 4 aromatic rings. The maximum atomic E-state index is 13.8. The van der Waals surface area contributed by atoms with Crippen molar-refractivity contribution >= 4 is 27.8 Å². The van der Waals surface area contributed by atoms with E-state index in [2.05, 4.69) is 46.9 Å². The molecule has 2 aromatic carbocycles. The highest BCUT2D eigenvalue weighted by atomic mass is 19.1. The van der Waals surface area contributed by atoms with Gasteiger partial charge in [-0.3, -0.25) is 4.79 Å². The van der Waals surface area contributed by atoms with E-state index in [1.54, 1.807) is 6.07 Å². The molecule has 0 spiro atoms. The first kappa shape index (κ1) is 23.5. The monoisotopic (exact) mass is 497 g/mol. The van der Waals surface area contributed by atoms with Crippen molar-refractivity contribution in [3.8, 4) is 11.4 Å². The van der Waals surface area contributed by atoms with Crippen LogP contribution in [0.1, 0.15) is 55.8 Å². The summed E-state index contributed by atoms with van der Waals surface area (Å²) in [4.78, 5) is 20.3. The number of carbonyl (C=O) groups excluding carboxylic acids is 1. The Kier molecular flexibility index (Phi) is 5.86. The fourth-order valence-electron chi connectivity index (χ4n) is 6.12. The molecule has 4 N–H and O–H groups in total. The molecule has 0 saturated heterocycles. The van der Waals surface area contributed by atoms with E-state index < -0.39 is 0 Å². The molecule has 6 rings (SSSR count). The number of carbonyl (C=O) groups is 1. The van der Waals surface area contributed by atoms with Crippen molar-refractivity contribution < 1.29 is 9.18 Å². The minimum Gasteiger partial charge on any atom is -0.382 e. The lowest BCUT2D eigenvalue weighted by Gasteiger charge is -2.29. The molecule has 2 aliphatic carbocycles. The Morgan fingerprint density at radius 1 is 1.16 bits per heavy atom. The Labute approximate surface area is 215 Å². The third kappa shape index (κ3) is 4.12. The minimum absolute atomic E-state index is 0.0467. The molecule has 1 unspecified atom stereocenters. The lowest BCUT2D eigenvalue weighted by Crippen LogP contribution is -2.35. The van der Waals surface area contributed by atoms with Crippen LogP contribution < -0.4 is 11.1 Å². The molecule has 0 aliphatic heterocycles. The number of rotatable bonds is 5. The van der Waals surface area contributed by atoms with Crippen molar-refractivity contribution in [1.29, 1.82) is 0 Å². The van der Waals surface area contributed by atoms with E-state index in [1.807, 2.05) is 12.1 Å². The van der Waals surface area contributed by atoms with Gasteiger partial charge in [-0.15, -0.1) is 0 Å². The van der Waals surface area contributed by atoms with Crippen LogP contribution in [-0.4, -0.2) is 26.5 Å². The van der Waals surface area contributed by atoms with E-state index in [1.165, 1.54) is 42.7 Å². The van der Waals surface area contributed by atoms with E-state index >= 15 is 0 Å². The van der Waals surface area contributed by atoms with Crippen LogP contribution in [0.2, 0.25) is 0 Å². The van der Waals surface area contributed by atoms with Crippen LogP contribution in [0.3, 0.4) is 0 Å². The molecule has 1 amide bonds. The number of primary amides is 1. The smallest absolute Gasteiger partial charge is 0.250 e. The Morgan fingerprint density at radius 3 is 2.76 bits per heavy atom. The van der Waals surface area contributed by atoms with Gasteiger partial charge in [-0.1, -0.05) is 37.5 Å². The molecule has 37 heavy (non-hydrogen) atoms. The molecular weight excluding hydrogens is 465 g/mol. The van der Waals surface area contributed by atoms with Crippen LogP contribution in [0.25, 0.3) is 33.3 Å². The third-order valence-corrected chi connectivity index (χ3v) is 8.05. The molecule has 190 valence electrons. The van der Waals surface area contributed by atoms with Crippen LogP contribution in [0, 0.1) is 19.7 Å². The SMILES string of the molecule is Cc1c(C)n(C2C=C(NC3CCCCC3)C(C(N)=O)=CC2)c2cccc(-c3nc4ccc(F)cc4[nH]3)c12. The number of hydrogen-bond acceptors (Lipinski definition) is 3. The Morgan fingerprint density at radius 2 is 1.97 bits per heavy atom. The number of amides is 1. The quantitative estimate of drug-likeness (QED) is 0.311. The Balaban J connectivity index is 1.44. The zero-order chi connectivity index (χ0) is 25.7. The number of nitrogens with one attached hydrogen (secondary N) is 2. The van der Waals surface area contributed by atoms with Gasteiger partial charge in [0.25, 0.3) is 0 Å². The normalized spacial score (nSPS) is 18.7. The molecule has 6 nitrogen and oxygen atoms in total. The number of fused-ring (bicyclic) bond motifs is 2. The van der Waals surface area contributed by atoms with E-state index in [-0.39, 0.29) is 17.8 Å². The highest BCUT2D eigenvalue weighted by Gasteiger charge is 2.26. The maximum absolute atomic E-state index is 13.8. The maximum Gasteiger partial charge on any atom is 0.250 e. The summed E-state index contributed by atoms with van der Waals surface area (Å²) in [6, 6.07) is 11.3. The summed E-state index contributed by atoms with van der Waals surface area (Å²) in [5, 5.41) is 4.78. The lowest BCUT2D eigenvalue weighted by atomic mass is 9.93. The number of nitrogens with two attached hydrogens (primary N) is 1. The molecule has 2 aromatic heterocycles. The highest BCUT2D eigenvalue weighted by molar-refractivity contribution is 5.99. The van der Waals surface area contributed by atoms with E-state index in [0.717, 1.165) is 46.3 Å². The number of aryl methyl sites for hydroxylation is 1. The van der Waals surface area contributed by atoms with Crippen LogP contribution in [-0.2, 0) is 4.79 Å². The van der Waals surface area contributed by atoms with Crippen LogP contribution >= 0.6 is 0 Å². The molecule has 0 radical (unpaired) electrons. The van der Waals surface area contributed by atoms with Crippen molar-refractivity contribution in [3.05, 3.63) is 76.9 Å². The first-order valence-electron chi connectivity index (χ1n) is 13.1. The number of halogens is 1. The van der Waals surface area contributed by atoms with Crippen molar-refractivity contribution in [2.45, 2.75) is 64.5 Å². The highest BCUT2D eigenvalue weighted by Crippen LogP contribution is 2.38. The second-order valence-electron chi connectivity index (χ2n) is 10.4. The van der Waals surface area contributed by atoms with Gasteiger partial charge in [0.05, 0.1) is 22.6 Å². The fourth-order valence-corrected chi connectivity index (χ4v) is 6.12. The standard InChI is InChI=1S/C30H32FN5O/c1-17-18(2)36(21-12-13-22(29(32)37)25(16-21)33-20-7-4-3-5-8-20)27-10-6-9-23(28(17)27)30-34-24-14-11-19(31)15-26(24)35-30/h6,9-11,13-16,20-21,33H,3-5,7-8,12H2,1-2H3,(H2,32,37)(H,34,35). The molecular formula is C30H32FN5O. The van der Waals surface area contributed by atoms with Gasteiger partial charge in [0.15, 0.2) is 0 Å². The summed E-state index contributed by atoms with van der Waals surface area (Å²) in [5.74, 6) is 0.0484. The number of aromatic nitrogens is 3. The average Bonchev–Trinajstić information content (AvgIpc) is 3.42. The average molecular weight is 498 g/mol. The minimum atomic E-state index is -0.387. The van der Waals surface area contributed by atoms with Gasteiger partial charge in [-0.05, 0) is 69.0 Å². The topological polar surface area (TPSA) is 88.7 Å². The van der Waals surface area contributed by atoms with Gasteiger partial charge in [0.1, 0.15) is 11.6 Å². The number of nitrogens with zero attached hydrogens (tertiary/aromatic N) is 2. The Bertz CT molecular complexity index is 1580. The second-order valence-corrected chi connectivity index (χ2v) is 10.4. The van der Waals surface area contributed by atoms with Crippen LogP contribution in [0.4, 0.5) is 4.39 Å². The molecule has 1 saturated carbocycles. The van der Waals surface area contributed by atoms with Gasteiger partial charge < -0.3 is 20.6 Å². The van der Waals surface area contributed by atoms with Crippen LogP contribution in [0.15, 0.2) is 59.8 Å². The van der Waals surface area contributed by atoms with Gasteiger partial charge in [-0.25, -0.2) is 9.37 Å². The number of H-pyrrole nitrogens is 1. The molecule has 2 aliphatic rings. The number of aromatic amines is 1. The molecule has 1 fully saturated rings. The Hall–Kier alpha value is -3.87. The molecule has 2 heterocycles. The van der Waals surface area contributed by atoms with Crippen molar-refractivity contribution in [1.82, 2.24) is 19.9 Å². The number of allylic oxidation sites excluding steroid dienone is 2. The van der Waals surface area contributed by atoms with Gasteiger partial charge >= 0.3 is 0 Å². The van der Waals surface area contributed by atoms with E-state index in [4.69, 9.17) is 10.7 Å². The summed E-state index contributed by atoms with van der Waals surface area (Å²) >= 11 is 0. The second kappa shape index (κ2) is 9.21. The van der Waals surface area contributed by atoms with Gasteiger partial charge in [0, 0.05) is 33.9 Å². The summed E-state index contributed by atoms with van der Waals surface area (Å²) in [7, 11) is 0. The third-order valence-electron chi connectivity index (χ3n) is 8.05. The number of benzene rings is 2. The predicted molar refractivity (Wildman–Crippen MR) is 145 cm³/mol. The zero-order valence-corrected chi connectivity index (χ0v) is 21.3. The van der Waals surface area contributed by atoms with Gasteiger partial charge in [0.2, 0.25) is 5.91 Å². The lowest BCUT2D eigenvalue weighted by molar-refractivity contribution is -0.114. The first-order valence-corrected chi connectivity index (χ1v) is 13.1. The summed E-state index contributed by atoms with van der Waals surface area (Å²) in [6.07, 6.45) is 10.8. The largest absolute Gasteiger partial charge is 0.382 e. The van der Waals surface area contributed by atoms with Crippen molar-refractivity contribution in [2.75, 3.05) is 0 Å². The van der Waals surface area contributed by atoms with Crippen LogP contribution in [0.5, 0.6) is 0 Å². The summed E-state index contributed by atoms with van der Waals surface area (Å²) in [5.41, 5.74) is 13.1. The van der Waals surface area contributed by atoms with Gasteiger partial charge in [-0.2, -0.15) is 0 Å². The molecule has 1 atom stereocenters. The van der Waals surface area contributed by atoms with E-state index in [0.29, 0.717) is 23.6 Å². The fraction of sp³-hybridized carbons (Fsp3) is 0.333. The predicted octanol–water partition coefficient (Wildman–Crippen LogP) is 6.10. The van der Waals surface area contributed by atoms with Crippen molar-refractivity contribution in [3.63, 3.8) is 0 Å². The first-order chi connectivity index (χ1) is 17.9. The van der Waals surface area contributed by atoms with Crippen molar-refractivity contribution in [2.24, 2.45) is 5.73 Å². The summed E-state index contributed by atoms with van der Waals surface area (Å²) in [6.45, 7) is 4.28. The molecule has 0 bridgehead atoms. The van der Waals surface area contributed by atoms with E-state index in [9.17, 15) is 9.18 Å².